The normalized spacial score (nSPS) is 12.7. The van der Waals surface area contributed by atoms with Crippen LogP contribution in [0.1, 0.15) is 26.3 Å². The Balaban J connectivity index is 0.00000196. The van der Waals surface area contributed by atoms with E-state index in [1.165, 1.54) is 0 Å². The number of aromatic nitrogens is 2. The summed E-state index contributed by atoms with van der Waals surface area (Å²) in [5.74, 6) is 0. The molecule has 0 bridgehead atoms. The first-order valence-corrected chi connectivity index (χ1v) is 6.29. The van der Waals surface area contributed by atoms with Crippen molar-refractivity contribution in [1.82, 2.24) is 4.23 Å². The van der Waals surface area contributed by atoms with Crippen LogP contribution in [0.2, 0.25) is 0 Å². The predicted molar refractivity (Wildman–Crippen MR) is 59.7 cm³/mol. The Bertz CT molecular complexity index is 291. The van der Waals surface area contributed by atoms with Gasteiger partial charge in [0.25, 0.3) is 0 Å². The Hall–Kier alpha value is -0.583. The average Bonchev–Trinajstić information content (AvgIpc) is 2.65. The van der Waals surface area contributed by atoms with Gasteiger partial charge in [-0.2, -0.15) is 0 Å². The molecule has 1 heterocycles. The van der Waals surface area contributed by atoms with Crippen LogP contribution in [0, 0.1) is 0 Å². The van der Waals surface area contributed by atoms with Crippen LogP contribution in [-0.2, 0) is 4.43 Å². The molecule has 0 aromatic carbocycles. The van der Waals surface area contributed by atoms with Crippen LogP contribution in [0.5, 0.6) is 0 Å². The minimum atomic E-state index is -0.576. The molecule has 1 atom stereocenters. The summed E-state index contributed by atoms with van der Waals surface area (Å²) < 4.78 is 9.78. The molecule has 1 unspecified atom stereocenters. The number of rotatable bonds is 6. The Morgan fingerprint density at radius 2 is 2.33 bits per heavy atom. The standard InChI is InChI=1S/C10H19N2OSi.ClH/c1-4-10(5-2)11-7-8-12(9-11)14-13-6-3;/h4,7-10H,1,5-6,14H2,2-3H3;1H/q+1;/p-1. The lowest BCUT2D eigenvalue weighted by Crippen LogP contribution is -3.00. The fraction of sp³-hybridized carbons (Fsp3) is 0.500. The molecule has 0 amide bonds. The molecular weight excluding hydrogens is 228 g/mol. The van der Waals surface area contributed by atoms with E-state index in [0.717, 1.165) is 13.0 Å². The van der Waals surface area contributed by atoms with Gasteiger partial charge in [0.15, 0.2) is 0 Å². The van der Waals surface area contributed by atoms with Gasteiger partial charge in [-0.25, -0.2) is 4.57 Å². The van der Waals surface area contributed by atoms with Gasteiger partial charge in [0.1, 0.15) is 18.4 Å². The molecule has 0 N–H and O–H groups in total. The summed E-state index contributed by atoms with van der Waals surface area (Å²) in [7, 11) is -0.576. The molecule has 5 heteroatoms. The zero-order valence-corrected chi connectivity index (χ0v) is 11.6. The first kappa shape index (κ1) is 14.4. The van der Waals surface area contributed by atoms with Crippen molar-refractivity contribution >= 4 is 9.92 Å². The van der Waals surface area contributed by atoms with Crippen molar-refractivity contribution in [2.45, 2.75) is 26.3 Å². The summed E-state index contributed by atoms with van der Waals surface area (Å²) in [6.45, 7) is 8.83. The minimum absolute atomic E-state index is 0. The largest absolute Gasteiger partial charge is 1.00 e. The first-order chi connectivity index (χ1) is 6.81. The molecule has 0 saturated carbocycles. The van der Waals surface area contributed by atoms with Crippen molar-refractivity contribution in [2.75, 3.05) is 6.61 Å². The lowest BCUT2D eigenvalue weighted by atomic mass is 10.2. The molecule has 0 aliphatic carbocycles. The maximum absolute atomic E-state index is 5.44. The van der Waals surface area contributed by atoms with Gasteiger partial charge in [-0.1, -0.05) is 13.5 Å². The van der Waals surface area contributed by atoms with Crippen LogP contribution < -0.4 is 17.0 Å². The van der Waals surface area contributed by atoms with Gasteiger partial charge >= 0.3 is 9.92 Å². The van der Waals surface area contributed by atoms with E-state index in [1.807, 2.05) is 13.0 Å². The topological polar surface area (TPSA) is 18.0 Å². The Morgan fingerprint density at radius 3 is 2.87 bits per heavy atom. The summed E-state index contributed by atoms with van der Waals surface area (Å²) in [6, 6.07) is 0.409. The summed E-state index contributed by atoms with van der Waals surface area (Å²) >= 11 is 0. The lowest BCUT2D eigenvalue weighted by Gasteiger charge is -2.03. The van der Waals surface area contributed by atoms with Crippen molar-refractivity contribution in [2.24, 2.45) is 0 Å². The molecule has 0 saturated heterocycles. The number of halogens is 1. The number of hydrogen-bond acceptors (Lipinski definition) is 1. The molecule has 0 aliphatic heterocycles. The highest BCUT2D eigenvalue weighted by molar-refractivity contribution is 6.24. The fourth-order valence-electron chi connectivity index (χ4n) is 1.38. The second-order valence-corrected chi connectivity index (χ2v) is 4.60. The van der Waals surface area contributed by atoms with E-state index in [0.29, 0.717) is 6.04 Å². The van der Waals surface area contributed by atoms with Gasteiger partial charge in [-0.3, -0.25) is 4.23 Å². The summed E-state index contributed by atoms with van der Waals surface area (Å²) in [4.78, 5) is 0. The second-order valence-electron chi connectivity index (χ2n) is 3.21. The number of allylic oxidation sites excluding steroid dienone is 1. The van der Waals surface area contributed by atoms with Gasteiger partial charge in [-0.15, -0.1) is 0 Å². The third kappa shape index (κ3) is 4.20. The summed E-state index contributed by atoms with van der Waals surface area (Å²) in [5.41, 5.74) is 0. The number of nitrogens with zero attached hydrogens (tertiary/aromatic N) is 2. The van der Waals surface area contributed by atoms with Crippen molar-refractivity contribution in [3.63, 3.8) is 0 Å². The lowest BCUT2D eigenvalue weighted by molar-refractivity contribution is -0.711. The molecule has 0 radical (unpaired) electrons. The molecule has 1 aromatic rings. The Kier molecular flexibility index (Phi) is 7.38. The SMILES string of the molecule is C=CC(CC)[n+]1ccn([SiH2]OCC)c1.[Cl-]. The van der Waals surface area contributed by atoms with E-state index in [1.54, 1.807) is 0 Å². The smallest absolute Gasteiger partial charge is 0.381 e. The molecule has 1 rings (SSSR count). The van der Waals surface area contributed by atoms with Crippen LogP contribution in [0.3, 0.4) is 0 Å². The quantitative estimate of drug-likeness (QED) is 0.317. The molecule has 1 aromatic heterocycles. The summed E-state index contributed by atoms with van der Waals surface area (Å²) in [5, 5.41) is 0. The van der Waals surface area contributed by atoms with Crippen LogP contribution in [0.15, 0.2) is 31.4 Å². The maximum atomic E-state index is 5.44. The molecule has 15 heavy (non-hydrogen) atoms. The zero-order chi connectivity index (χ0) is 10.4. The minimum Gasteiger partial charge on any atom is -1.00 e. The second kappa shape index (κ2) is 7.68. The molecule has 3 nitrogen and oxygen atoms in total. The van der Waals surface area contributed by atoms with E-state index in [2.05, 4.69) is 41.0 Å². The van der Waals surface area contributed by atoms with Crippen LogP contribution in [0.4, 0.5) is 0 Å². The van der Waals surface area contributed by atoms with Gasteiger partial charge < -0.3 is 16.8 Å². The Labute approximate surface area is 100 Å². The van der Waals surface area contributed by atoms with Crippen LogP contribution >= 0.6 is 0 Å². The highest BCUT2D eigenvalue weighted by atomic mass is 35.5. The molecule has 0 spiro atoms. The number of hydrogen-bond donors (Lipinski definition) is 0. The van der Waals surface area contributed by atoms with Crippen molar-refractivity contribution in [1.29, 1.82) is 0 Å². The van der Waals surface area contributed by atoms with E-state index >= 15 is 0 Å². The van der Waals surface area contributed by atoms with Gasteiger partial charge in [0, 0.05) is 6.61 Å². The monoisotopic (exact) mass is 246 g/mol. The molecule has 86 valence electrons. The Morgan fingerprint density at radius 1 is 1.60 bits per heavy atom. The predicted octanol–water partition coefficient (Wildman–Crippen LogP) is -2.20. The van der Waals surface area contributed by atoms with Crippen LogP contribution in [0.25, 0.3) is 0 Å². The van der Waals surface area contributed by atoms with Gasteiger partial charge in [0.2, 0.25) is 6.33 Å². The molecule has 0 fully saturated rings. The highest BCUT2D eigenvalue weighted by Gasteiger charge is 2.10. The van der Waals surface area contributed by atoms with E-state index in [4.69, 9.17) is 4.43 Å². The van der Waals surface area contributed by atoms with E-state index in [-0.39, 0.29) is 12.4 Å². The van der Waals surface area contributed by atoms with Crippen molar-refractivity contribution < 1.29 is 21.4 Å². The maximum Gasteiger partial charge on any atom is 0.381 e. The first-order valence-electron chi connectivity index (χ1n) is 5.08. The molecule has 0 aliphatic rings. The highest BCUT2D eigenvalue weighted by Crippen LogP contribution is 2.01. The third-order valence-electron chi connectivity index (χ3n) is 2.23. The fourth-order valence-corrected chi connectivity index (χ4v) is 2.21. The van der Waals surface area contributed by atoms with Gasteiger partial charge in [0.05, 0.1) is 0 Å². The van der Waals surface area contributed by atoms with E-state index in [9.17, 15) is 0 Å². The summed E-state index contributed by atoms with van der Waals surface area (Å²) in [6.07, 6.45) is 9.33. The average molecular weight is 247 g/mol. The number of imidazole rings is 1. The van der Waals surface area contributed by atoms with Crippen molar-refractivity contribution in [3.8, 4) is 0 Å². The zero-order valence-electron chi connectivity index (χ0n) is 9.40. The molecular formula is C10H19ClN2OSi. The van der Waals surface area contributed by atoms with Crippen molar-refractivity contribution in [3.05, 3.63) is 31.4 Å². The van der Waals surface area contributed by atoms with Crippen LogP contribution in [-0.4, -0.2) is 20.8 Å². The third-order valence-corrected chi connectivity index (χ3v) is 3.49. The van der Waals surface area contributed by atoms with Gasteiger partial charge in [-0.05, 0) is 19.4 Å². The van der Waals surface area contributed by atoms with E-state index < -0.39 is 9.92 Å².